The molecular weight excluding hydrogens is 328 g/mol. The molecular formula is C16H20N4O3S. The van der Waals surface area contributed by atoms with Crippen molar-refractivity contribution >= 4 is 17.2 Å². The molecule has 7 nitrogen and oxygen atoms in total. The average Bonchev–Trinajstić information content (AvgIpc) is 3.36. The van der Waals surface area contributed by atoms with E-state index in [1.807, 2.05) is 10.3 Å². The minimum Gasteiger partial charge on any atom is -0.374 e. The van der Waals surface area contributed by atoms with Crippen LogP contribution in [0.3, 0.4) is 0 Å². The minimum absolute atomic E-state index is 0.00940. The number of carbonyl (C=O) groups excluding carboxylic acids is 1. The van der Waals surface area contributed by atoms with Crippen molar-refractivity contribution in [2.24, 2.45) is 5.92 Å². The highest BCUT2D eigenvalue weighted by Crippen LogP contribution is 2.35. The lowest BCUT2D eigenvalue weighted by atomic mass is 10.0. The fraction of sp³-hybridized carbons (Fsp3) is 0.562. The highest BCUT2D eigenvalue weighted by atomic mass is 32.1. The number of aromatic amines is 1. The summed E-state index contributed by atoms with van der Waals surface area (Å²) in [7, 11) is 0. The van der Waals surface area contributed by atoms with Crippen LogP contribution in [0.15, 0.2) is 23.8 Å². The molecule has 1 saturated heterocycles. The summed E-state index contributed by atoms with van der Waals surface area (Å²) in [6, 6.07) is 1.85. The minimum atomic E-state index is 0.00940. The smallest absolute Gasteiger partial charge is 0.272 e. The molecule has 2 fully saturated rings. The number of aromatic nitrogens is 3. The van der Waals surface area contributed by atoms with Crippen LogP contribution >= 0.6 is 11.3 Å². The third-order valence-corrected chi connectivity index (χ3v) is 5.51. The van der Waals surface area contributed by atoms with Crippen LogP contribution < -0.4 is 0 Å². The van der Waals surface area contributed by atoms with E-state index < -0.39 is 0 Å². The fourth-order valence-electron chi connectivity index (χ4n) is 3.64. The second kappa shape index (κ2) is 7.00. The van der Waals surface area contributed by atoms with Crippen LogP contribution in [0.4, 0.5) is 0 Å². The van der Waals surface area contributed by atoms with Gasteiger partial charge in [0.25, 0.3) is 5.91 Å². The van der Waals surface area contributed by atoms with E-state index in [-0.39, 0.29) is 18.1 Å². The standard InChI is InChI=1S/C16H20N4O3S/c21-16(12-3-4-18-19-12)20-6-7-23-15-11(1-2-13(15)20)9-22-10-14-17-5-8-24-14/h3-5,8,11,13,15H,1-2,6-7,9-10H2,(H,18,19)/t11-,13-,15-/m1/s1. The molecule has 0 spiro atoms. The van der Waals surface area contributed by atoms with Gasteiger partial charge in [0.1, 0.15) is 10.7 Å². The van der Waals surface area contributed by atoms with Crippen molar-refractivity contribution in [3.8, 4) is 0 Å². The Hall–Kier alpha value is -1.77. The number of fused-ring (bicyclic) bond motifs is 1. The zero-order valence-corrected chi connectivity index (χ0v) is 14.1. The number of nitrogens with zero attached hydrogens (tertiary/aromatic N) is 3. The maximum Gasteiger partial charge on any atom is 0.272 e. The van der Waals surface area contributed by atoms with E-state index in [0.717, 1.165) is 17.8 Å². The fourth-order valence-corrected chi connectivity index (χ4v) is 4.19. The quantitative estimate of drug-likeness (QED) is 0.890. The molecule has 0 bridgehead atoms. The number of H-pyrrole nitrogens is 1. The number of carbonyl (C=O) groups is 1. The molecule has 1 aliphatic carbocycles. The number of amides is 1. The molecule has 3 atom stereocenters. The second-order valence-corrected chi connectivity index (χ2v) is 7.13. The number of hydrogen-bond acceptors (Lipinski definition) is 6. The van der Waals surface area contributed by atoms with Crippen LogP contribution in [0.25, 0.3) is 0 Å². The molecule has 0 unspecified atom stereocenters. The van der Waals surface area contributed by atoms with Crippen molar-refractivity contribution in [2.45, 2.75) is 31.6 Å². The SMILES string of the molecule is O=C(c1ccn[nH]1)N1CCO[C@@H]2[C@@H](COCc3nccs3)CC[C@H]21. The van der Waals surface area contributed by atoms with Crippen molar-refractivity contribution < 1.29 is 14.3 Å². The maximum absolute atomic E-state index is 12.6. The Balaban J connectivity index is 1.36. The highest BCUT2D eigenvalue weighted by molar-refractivity contribution is 7.09. The molecule has 1 aliphatic heterocycles. The van der Waals surface area contributed by atoms with Crippen molar-refractivity contribution in [2.75, 3.05) is 19.8 Å². The molecule has 1 N–H and O–H groups in total. The zero-order valence-electron chi connectivity index (χ0n) is 13.3. The van der Waals surface area contributed by atoms with Crippen LogP contribution in [0.1, 0.15) is 28.3 Å². The van der Waals surface area contributed by atoms with Gasteiger partial charge >= 0.3 is 0 Å². The van der Waals surface area contributed by atoms with E-state index in [0.29, 0.717) is 38.0 Å². The zero-order chi connectivity index (χ0) is 16.4. The highest BCUT2D eigenvalue weighted by Gasteiger charge is 2.44. The van der Waals surface area contributed by atoms with Gasteiger partial charge in [0, 0.05) is 30.2 Å². The third kappa shape index (κ3) is 3.09. The van der Waals surface area contributed by atoms with Crippen molar-refractivity contribution in [1.29, 1.82) is 0 Å². The lowest BCUT2D eigenvalue weighted by molar-refractivity contribution is -0.0766. The molecule has 128 valence electrons. The molecule has 1 saturated carbocycles. The summed E-state index contributed by atoms with van der Waals surface area (Å²) >= 11 is 1.60. The average molecular weight is 348 g/mol. The van der Waals surface area contributed by atoms with Gasteiger partial charge in [-0.1, -0.05) is 0 Å². The topological polar surface area (TPSA) is 80.3 Å². The maximum atomic E-state index is 12.6. The van der Waals surface area contributed by atoms with Crippen molar-refractivity contribution in [1.82, 2.24) is 20.1 Å². The Labute approximate surface area is 144 Å². The van der Waals surface area contributed by atoms with Gasteiger partial charge in [-0.25, -0.2) is 4.98 Å². The summed E-state index contributed by atoms with van der Waals surface area (Å²) in [5.74, 6) is 0.336. The first-order chi connectivity index (χ1) is 11.8. The normalized spacial score (nSPS) is 26.5. The van der Waals surface area contributed by atoms with E-state index in [1.165, 1.54) is 0 Å². The number of hydrogen-bond donors (Lipinski definition) is 1. The van der Waals surface area contributed by atoms with Gasteiger partial charge in [-0.2, -0.15) is 5.10 Å². The number of morpholine rings is 1. The monoisotopic (exact) mass is 348 g/mol. The van der Waals surface area contributed by atoms with Crippen molar-refractivity contribution in [3.05, 3.63) is 34.5 Å². The lowest BCUT2D eigenvalue weighted by Gasteiger charge is -2.39. The Morgan fingerprint density at radius 3 is 3.21 bits per heavy atom. The third-order valence-electron chi connectivity index (χ3n) is 4.75. The van der Waals surface area contributed by atoms with Crippen LogP contribution in [-0.2, 0) is 16.1 Å². The molecule has 2 aromatic heterocycles. The lowest BCUT2D eigenvalue weighted by Crippen LogP contribution is -2.53. The Kier molecular flexibility index (Phi) is 4.59. The molecule has 0 radical (unpaired) electrons. The Bertz CT molecular complexity index is 661. The second-order valence-electron chi connectivity index (χ2n) is 6.15. The molecule has 4 rings (SSSR count). The Morgan fingerprint density at radius 1 is 1.46 bits per heavy atom. The van der Waals surface area contributed by atoms with Gasteiger partial charge in [-0.15, -0.1) is 11.3 Å². The van der Waals surface area contributed by atoms with E-state index in [1.54, 1.807) is 29.8 Å². The van der Waals surface area contributed by atoms with Gasteiger partial charge in [-0.05, 0) is 18.9 Å². The number of thiazole rings is 1. The Morgan fingerprint density at radius 2 is 2.42 bits per heavy atom. The van der Waals surface area contributed by atoms with Crippen LogP contribution in [0.2, 0.25) is 0 Å². The largest absolute Gasteiger partial charge is 0.374 e. The van der Waals surface area contributed by atoms with Crippen LogP contribution in [0.5, 0.6) is 0 Å². The van der Waals surface area contributed by atoms with Crippen LogP contribution in [0, 0.1) is 5.92 Å². The molecule has 8 heteroatoms. The summed E-state index contributed by atoms with van der Waals surface area (Å²) in [5.41, 5.74) is 0.541. The summed E-state index contributed by atoms with van der Waals surface area (Å²) in [5, 5.41) is 9.58. The van der Waals surface area contributed by atoms with Gasteiger partial charge in [0.05, 0.1) is 32.0 Å². The molecule has 2 aliphatic rings. The first-order valence-corrected chi connectivity index (χ1v) is 9.09. The van der Waals surface area contributed by atoms with E-state index in [9.17, 15) is 4.79 Å². The van der Waals surface area contributed by atoms with Crippen LogP contribution in [-0.4, -0.2) is 57.9 Å². The van der Waals surface area contributed by atoms with Crippen molar-refractivity contribution in [3.63, 3.8) is 0 Å². The van der Waals surface area contributed by atoms with E-state index in [4.69, 9.17) is 9.47 Å². The summed E-state index contributed by atoms with van der Waals surface area (Å²) in [6.45, 7) is 2.39. The molecule has 1 amide bonds. The van der Waals surface area contributed by atoms with Gasteiger partial charge in [-0.3, -0.25) is 9.89 Å². The number of ether oxygens (including phenoxy) is 2. The predicted molar refractivity (Wildman–Crippen MR) is 87.6 cm³/mol. The summed E-state index contributed by atoms with van der Waals surface area (Å²) in [6.07, 6.45) is 5.42. The molecule has 24 heavy (non-hydrogen) atoms. The van der Waals surface area contributed by atoms with E-state index in [2.05, 4.69) is 15.2 Å². The molecule has 3 heterocycles. The first kappa shape index (κ1) is 15.7. The summed E-state index contributed by atoms with van der Waals surface area (Å²) < 4.78 is 11.8. The van der Waals surface area contributed by atoms with Gasteiger partial charge in [0.15, 0.2) is 0 Å². The predicted octanol–water partition coefficient (Wildman–Crippen LogP) is 1.70. The summed E-state index contributed by atoms with van der Waals surface area (Å²) in [4.78, 5) is 18.8. The van der Waals surface area contributed by atoms with E-state index >= 15 is 0 Å². The number of nitrogens with one attached hydrogen (secondary N) is 1. The molecule has 0 aromatic carbocycles. The molecule has 2 aromatic rings. The first-order valence-electron chi connectivity index (χ1n) is 8.21. The van der Waals surface area contributed by atoms with Gasteiger partial charge in [0.2, 0.25) is 0 Å². The van der Waals surface area contributed by atoms with Gasteiger partial charge < -0.3 is 14.4 Å². The number of rotatable bonds is 5.